The highest BCUT2D eigenvalue weighted by Gasteiger charge is 2.34. The van der Waals surface area contributed by atoms with Gasteiger partial charge in [-0.15, -0.1) is 0 Å². The maximum atomic E-state index is 14.7. The van der Waals surface area contributed by atoms with Crippen molar-refractivity contribution in [1.29, 1.82) is 5.26 Å². The Morgan fingerprint density at radius 3 is 2.73 bits per heavy atom. The Labute approximate surface area is 190 Å². The third-order valence-electron chi connectivity index (χ3n) is 5.85. The lowest BCUT2D eigenvalue weighted by molar-refractivity contribution is 0.145. The van der Waals surface area contributed by atoms with Crippen molar-refractivity contribution in [2.75, 3.05) is 24.6 Å². The number of nitrogens with zero attached hydrogens (tertiary/aromatic N) is 6. The van der Waals surface area contributed by atoms with Gasteiger partial charge in [0.1, 0.15) is 28.7 Å². The van der Waals surface area contributed by atoms with Crippen molar-refractivity contribution in [3.63, 3.8) is 0 Å². The fraction of sp³-hybridized carbons (Fsp3) is 0.273. The molecule has 4 heterocycles. The van der Waals surface area contributed by atoms with Crippen LogP contribution in [0, 0.1) is 30.0 Å². The van der Waals surface area contributed by atoms with E-state index in [-0.39, 0.29) is 34.3 Å². The van der Waals surface area contributed by atoms with Crippen molar-refractivity contribution >= 4 is 34.0 Å². The zero-order valence-electron chi connectivity index (χ0n) is 17.2. The Morgan fingerprint density at radius 1 is 1.30 bits per heavy atom. The van der Waals surface area contributed by atoms with Crippen LogP contribution in [0.5, 0.6) is 0 Å². The summed E-state index contributed by atoms with van der Waals surface area (Å²) in [4.78, 5) is 10.4. The van der Waals surface area contributed by atoms with Gasteiger partial charge in [-0.3, -0.25) is 4.98 Å². The molecular formula is C22H16ClF3N6O. The second-order valence-electron chi connectivity index (χ2n) is 7.87. The standard InChI is InChI=1S/C22H16ClF3N6O/c1-10-16(12-4-5-28-18-13(12)2-3-15(23)17(18)24)22(31-7-11(8-31)9-33)32-21(29-10)14(6-27)19(30-32)20(25)26/h2-5,11,20,33H,7-9H2,1H3. The van der Waals surface area contributed by atoms with Crippen LogP contribution in [0.4, 0.5) is 19.0 Å². The summed E-state index contributed by atoms with van der Waals surface area (Å²) < 4.78 is 43.2. The van der Waals surface area contributed by atoms with Crippen molar-refractivity contribution in [2.24, 2.45) is 5.92 Å². The molecule has 1 aliphatic heterocycles. The number of hydrogen-bond donors (Lipinski definition) is 1. The molecule has 33 heavy (non-hydrogen) atoms. The fourth-order valence-electron chi connectivity index (χ4n) is 4.26. The van der Waals surface area contributed by atoms with Gasteiger partial charge < -0.3 is 10.0 Å². The summed E-state index contributed by atoms with van der Waals surface area (Å²) in [5.74, 6) is -0.222. The van der Waals surface area contributed by atoms with Crippen LogP contribution in [0.25, 0.3) is 27.7 Å². The van der Waals surface area contributed by atoms with Crippen LogP contribution in [0.3, 0.4) is 0 Å². The van der Waals surface area contributed by atoms with Gasteiger partial charge in [0.2, 0.25) is 0 Å². The van der Waals surface area contributed by atoms with E-state index >= 15 is 0 Å². The zero-order chi connectivity index (χ0) is 23.4. The zero-order valence-corrected chi connectivity index (χ0v) is 18.0. The number of aryl methyl sites for hydroxylation is 1. The van der Waals surface area contributed by atoms with E-state index in [0.717, 1.165) is 0 Å². The molecule has 7 nitrogen and oxygen atoms in total. The molecule has 1 aromatic carbocycles. The number of rotatable bonds is 4. The maximum absolute atomic E-state index is 14.7. The molecule has 1 fully saturated rings. The first kappa shape index (κ1) is 21.4. The van der Waals surface area contributed by atoms with Gasteiger partial charge in [-0.2, -0.15) is 14.9 Å². The van der Waals surface area contributed by atoms with Gasteiger partial charge >= 0.3 is 0 Å². The molecule has 0 radical (unpaired) electrons. The number of aliphatic hydroxyl groups excluding tert-OH is 1. The minimum absolute atomic E-state index is 0.00683. The van der Waals surface area contributed by atoms with E-state index in [2.05, 4.69) is 15.1 Å². The van der Waals surface area contributed by atoms with Gasteiger partial charge in [-0.05, 0) is 24.6 Å². The van der Waals surface area contributed by atoms with Crippen LogP contribution in [0.2, 0.25) is 5.02 Å². The van der Waals surface area contributed by atoms with Crippen LogP contribution in [0.1, 0.15) is 23.4 Å². The van der Waals surface area contributed by atoms with E-state index in [1.165, 1.54) is 16.8 Å². The smallest absolute Gasteiger partial charge is 0.283 e. The monoisotopic (exact) mass is 472 g/mol. The quantitative estimate of drug-likeness (QED) is 0.476. The van der Waals surface area contributed by atoms with E-state index in [0.29, 0.717) is 41.1 Å². The second-order valence-corrected chi connectivity index (χ2v) is 8.28. The molecule has 4 aromatic rings. The first-order valence-corrected chi connectivity index (χ1v) is 10.4. The molecule has 0 atom stereocenters. The van der Waals surface area contributed by atoms with Crippen LogP contribution < -0.4 is 4.90 Å². The number of aromatic nitrogens is 4. The van der Waals surface area contributed by atoms with Gasteiger partial charge in [-0.25, -0.2) is 18.2 Å². The number of alkyl halides is 2. The molecule has 3 aromatic heterocycles. The lowest BCUT2D eigenvalue weighted by Gasteiger charge is -2.41. The largest absolute Gasteiger partial charge is 0.396 e. The number of hydrogen-bond acceptors (Lipinski definition) is 6. The molecule has 11 heteroatoms. The van der Waals surface area contributed by atoms with Gasteiger partial charge in [0.05, 0.1) is 10.7 Å². The van der Waals surface area contributed by atoms with E-state index in [1.54, 1.807) is 25.1 Å². The molecule has 1 N–H and O–H groups in total. The van der Waals surface area contributed by atoms with Crippen LogP contribution in [0.15, 0.2) is 24.4 Å². The highest BCUT2D eigenvalue weighted by molar-refractivity contribution is 6.31. The van der Waals surface area contributed by atoms with Crippen molar-refractivity contribution in [3.8, 4) is 17.2 Å². The molecule has 168 valence electrons. The first-order valence-electron chi connectivity index (χ1n) is 10.1. The second kappa shape index (κ2) is 7.86. The third kappa shape index (κ3) is 3.19. The average Bonchev–Trinajstić information content (AvgIpc) is 3.14. The van der Waals surface area contributed by atoms with Gasteiger partial charge in [0, 0.05) is 42.8 Å². The highest BCUT2D eigenvalue weighted by Crippen LogP contribution is 2.41. The Balaban J connectivity index is 1.87. The molecule has 0 aliphatic carbocycles. The number of pyridine rings is 1. The number of anilines is 1. The summed E-state index contributed by atoms with van der Waals surface area (Å²) in [7, 11) is 0. The Bertz CT molecular complexity index is 1460. The fourth-order valence-corrected chi connectivity index (χ4v) is 4.41. The van der Waals surface area contributed by atoms with E-state index < -0.39 is 17.9 Å². The van der Waals surface area contributed by atoms with Gasteiger partial charge in [0.15, 0.2) is 11.5 Å². The van der Waals surface area contributed by atoms with Crippen molar-refractivity contribution in [1.82, 2.24) is 19.6 Å². The molecule has 5 rings (SSSR count). The van der Waals surface area contributed by atoms with Crippen molar-refractivity contribution < 1.29 is 18.3 Å². The van der Waals surface area contributed by atoms with Gasteiger partial charge in [0.25, 0.3) is 6.43 Å². The third-order valence-corrected chi connectivity index (χ3v) is 6.15. The topological polar surface area (TPSA) is 90.3 Å². The molecule has 1 saturated heterocycles. The summed E-state index contributed by atoms with van der Waals surface area (Å²) in [6, 6.07) is 6.54. The molecule has 0 saturated carbocycles. The summed E-state index contributed by atoms with van der Waals surface area (Å²) in [5.41, 5.74) is 0.693. The van der Waals surface area contributed by atoms with Crippen molar-refractivity contribution in [3.05, 3.63) is 52.2 Å². The number of fused-ring (bicyclic) bond motifs is 2. The van der Waals surface area contributed by atoms with E-state index in [9.17, 15) is 23.5 Å². The number of nitriles is 1. The number of benzene rings is 1. The molecule has 0 unspecified atom stereocenters. The Hall–Kier alpha value is -3.42. The maximum Gasteiger partial charge on any atom is 0.283 e. The minimum atomic E-state index is -2.96. The van der Waals surface area contributed by atoms with Crippen LogP contribution in [-0.2, 0) is 0 Å². The van der Waals surface area contributed by atoms with E-state index in [4.69, 9.17) is 11.6 Å². The van der Waals surface area contributed by atoms with Crippen LogP contribution in [-0.4, -0.2) is 44.4 Å². The summed E-state index contributed by atoms with van der Waals surface area (Å²) in [6.07, 6.45) is -1.52. The minimum Gasteiger partial charge on any atom is -0.396 e. The Morgan fingerprint density at radius 2 is 2.06 bits per heavy atom. The van der Waals surface area contributed by atoms with E-state index in [1.807, 2.05) is 4.90 Å². The predicted molar refractivity (Wildman–Crippen MR) is 116 cm³/mol. The van der Waals surface area contributed by atoms with Crippen LogP contribution >= 0.6 is 11.6 Å². The number of halogens is 4. The average molecular weight is 473 g/mol. The first-order chi connectivity index (χ1) is 15.8. The highest BCUT2D eigenvalue weighted by atomic mass is 35.5. The molecule has 0 bridgehead atoms. The summed E-state index contributed by atoms with van der Waals surface area (Å²) in [5, 5.41) is 23.5. The predicted octanol–water partition coefficient (Wildman–Crippen LogP) is 4.28. The molecular weight excluding hydrogens is 457 g/mol. The molecule has 0 spiro atoms. The number of aliphatic hydroxyl groups is 1. The normalized spacial score (nSPS) is 14.3. The summed E-state index contributed by atoms with van der Waals surface area (Å²) >= 11 is 5.93. The van der Waals surface area contributed by atoms with Crippen molar-refractivity contribution in [2.45, 2.75) is 13.3 Å². The van der Waals surface area contributed by atoms with Gasteiger partial charge in [-0.1, -0.05) is 17.7 Å². The summed E-state index contributed by atoms with van der Waals surface area (Å²) in [6.45, 7) is 2.58. The Kier molecular flexibility index (Phi) is 5.11. The SMILES string of the molecule is Cc1nc2c(C#N)c(C(F)F)nn2c(N2CC(CO)C2)c1-c1ccnc2c(F)c(Cl)ccc12. The lowest BCUT2D eigenvalue weighted by Crippen LogP contribution is -2.49. The lowest BCUT2D eigenvalue weighted by atomic mass is 9.96. The molecule has 1 aliphatic rings. The molecule has 0 amide bonds.